The Hall–Kier alpha value is -1.36. The van der Waals surface area contributed by atoms with E-state index in [2.05, 4.69) is 16.6 Å². The quantitative estimate of drug-likeness (QED) is 0.756. The van der Waals surface area contributed by atoms with Gasteiger partial charge in [-0.05, 0) is 12.3 Å². The van der Waals surface area contributed by atoms with Crippen LogP contribution in [0.1, 0.15) is 23.8 Å². The molecule has 1 saturated heterocycles. The second-order valence-corrected chi connectivity index (χ2v) is 4.18. The minimum absolute atomic E-state index is 0.0808. The average molecular weight is 224 g/mol. The predicted molar refractivity (Wildman–Crippen MR) is 57.0 cm³/mol. The molecule has 5 heteroatoms. The smallest absolute Gasteiger partial charge is 0.276 e. The number of carbonyl (C=O) groups is 1. The summed E-state index contributed by atoms with van der Waals surface area (Å²) in [5.74, 6) is 0.411. The fourth-order valence-electron chi connectivity index (χ4n) is 2.01. The third kappa shape index (κ3) is 2.09. The Bertz CT molecular complexity index is 350. The van der Waals surface area contributed by atoms with Gasteiger partial charge in [-0.25, -0.2) is 0 Å². The number of piperidine rings is 1. The minimum atomic E-state index is -0.0808. The Labute approximate surface area is 94.3 Å². The van der Waals surface area contributed by atoms with Crippen molar-refractivity contribution >= 4 is 5.91 Å². The number of hydrogen-bond donors (Lipinski definition) is 0. The summed E-state index contributed by atoms with van der Waals surface area (Å²) in [7, 11) is 1.69. The number of amides is 1. The monoisotopic (exact) mass is 224 g/mol. The van der Waals surface area contributed by atoms with E-state index >= 15 is 0 Å². The van der Waals surface area contributed by atoms with E-state index in [9.17, 15) is 4.79 Å². The van der Waals surface area contributed by atoms with Gasteiger partial charge in [0.25, 0.3) is 5.91 Å². The van der Waals surface area contributed by atoms with Gasteiger partial charge in [-0.15, -0.1) is 0 Å². The predicted octanol–water partition coefficient (Wildman–Crippen LogP) is 1.17. The van der Waals surface area contributed by atoms with Gasteiger partial charge < -0.3 is 14.2 Å². The van der Waals surface area contributed by atoms with Crippen LogP contribution in [0.3, 0.4) is 0 Å². The summed E-state index contributed by atoms with van der Waals surface area (Å²) in [6.07, 6.45) is 2.49. The van der Waals surface area contributed by atoms with Crippen molar-refractivity contribution in [2.75, 3.05) is 20.2 Å². The zero-order valence-electron chi connectivity index (χ0n) is 9.55. The number of rotatable bonds is 2. The lowest BCUT2D eigenvalue weighted by Gasteiger charge is -2.35. The highest BCUT2D eigenvalue weighted by Gasteiger charge is 2.30. The maximum atomic E-state index is 12.0. The number of likely N-dealkylation sites (tertiary alicyclic amines) is 1. The van der Waals surface area contributed by atoms with Crippen molar-refractivity contribution in [3.8, 4) is 0 Å². The molecule has 0 saturated carbocycles. The molecule has 0 N–H and O–H groups in total. The molecule has 2 atom stereocenters. The maximum absolute atomic E-state index is 12.0. The van der Waals surface area contributed by atoms with Gasteiger partial charge in [0, 0.05) is 26.3 Å². The molecule has 2 rings (SSSR count). The van der Waals surface area contributed by atoms with Crippen molar-refractivity contribution < 1.29 is 14.1 Å². The number of ether oxygens (including phenoxy) is 1. The third-order valence-corrected chi connectivity index (χ3v) is 3.14. The Kier molecular flexibility index (Phi) is 3.24. The second-order valence-electron chi connectivity index (χ2n) is 4.18. The second kappa shape index (κ2) is 4.65. The van der Waals surface area contributed by atoms with Crippen molar-refractivity contribution in [2.45, 2.75) is 19.4 Å². The zero-order chi connectivity index (χ0) is 11.5. The average Bonchev–Trinajstić information content (AvgIpc) is 2.82. The first-order chi connectivity index (χ1) is 7.72. The van der Waals surface area contributed by atoms with Crippen LogP contribution in [-0.2, 0) is 4.74 Å². The lowest BCUT2D eigenvalue weighted by atomic mass is 9.95. The summed E-state index contributed by atoms with van der Waals surface area (Å²) in [6, 6.07) is 1.59. The van der Waals surface area contributed by atoms with E-state index in [1.807, 2.05) is 0 Å². The summed E-state index contributed by atoms with van der Waals surface area (Å²) in [6.45, 7) is 3.53. The van der Waals surface area contributed by atoms with E-state index in [4.69, 9.17) is 4.74 Å². The molecule has 0 radical (unpaired) electrons. The number of hydrogen-bond acceptors (Lipinski definition) is 4. The summed E-state index contributed by atoms with van der Waals surface area (Å²) in [4.78, 5) is 13.7. The lowest BCUT2D eigenvalue weighted by Crippen LogP contribution is -2.46. The fraction of sp³-hybridized carbons (Fsp3) is 0.636. The number of nitrogens with zero attached hydrogens (tertiary/aromatic N) is 2. The molecule has 0 spiro atoms. The van der Waals surface area contributed by atoms with Crippen LogP contribution >= 0.6 is 0 Å². The standard InChI is InChI=1S/C11H16N2O3/c1-8-3-5-13(7-10(8)15-2)11(14)9-4-6-16-12-9/h4,6,8,10H,3,5,7H2,1-2H3/t8-,10+/m1/s1. The largest absolute Gasteiger partial charge is 0.379 e. The van der Waals surface area contributed by atoms with Gasteiger partial charge in [-0.2, -0.15) is 0 Å². The molecule has 2 heterocycles. The molecule has 0 aliphatic carbocycles. The first-order valence-electron chi connectivity index (χ1n) is 5.45. The molecule has 1 amide bonds. The van der Waals surface area contributed by atoms with Gasteiger partial charge in [-0.3, -0.25) is 4.79 Å². The van der Waals surface area contributed by atoms with Crippen molar-refractivity contribution in [1.29, 1.82) is 0 Å². The summed E-state index contributed by atoms with van der Waals surface area (Å²) in [5.41, 5.74) is 0.365. The zero-order valence-corrected chi connectivity index (χ0v) is 9.55. The Morgan fingerprint density at radius 1 is 1.69 bits per heavy atom. The van der Waals surface area contributed by atoms with Gasteiger partial charge in [0.1, 0.15) is 6.26 Å². The molecular weight excluding hydrogens is 208 g/mol. The van der Waals surface area contributed by atoms with Gasteiger partial charge in [-0.1, -0.05) is 12.1 Å². The summed E-state index contributed by atoms with van der Waals surface area (Å²) >= 11 is 0. The highest BCUT2D eigenvalue weighted by atomic mass is 16.5. The van der Waals surface area contributed by atoms with E-state index in [0.717, 1.165) is 13.0 Å². The number of methoxy groups -OCH3 is 1. The van der Waals surface area contributed by atoms with Gasteiger partial charge in [0.2, 0.25) is 0 Å². The molecule has 0 unspecified atom stereocenters. The highest BCUT2D eigenvalue weighted by Crippen LogP contribution is 2.20. The van der Waals surface area contributed by atoms with Crippen LogP contribution < -0.4 is 0 Å². The molecule has 1 fully saturated rings. The van der Waals surface area contributed by atoms with E-state index in [1.54, 1.807) is 18.1 Å². The van der Waals surface area contributed by atoms with E-state index in [1.165, 1.54) is 6.26 Å². The SMILES string of the molecule is CO[C@H]1CN(C(=O)c2ccon2)CC[C@H]1C. The number of carbonyl (C=O) groups excluding carboxylic acids is 1. The summed E-state index contributed by atoms with van der Waals surface area (Å²) < 4.78 is 10.0. The van der Waals surface area contributed by atoms with Crippen LogP contribution in [0, 0.1) is 5.92 Å². The molecule has 16 heavy (non-hydrogen) atoms. The van der Waals surface area contributed by atoms with Gasteiger partial charge >= 0.3 is 0 Å². The van der Waals surface area contributed by atoms with E-state index < -0.39 is 0 Å². The van der Waals surface area contributed by atoms with E-state index in [0.29, 0.717) is 18.2 Å². The molecule has 1 aliphatic heterocycles. The molecule has 1 aromatic rings. The normalized spacial score (nSPS) is 25.8. The number of aromatic nitrogens is 1. The topological polar surface area (TPSA) is 55.6 Å². The van der Waals surface area contributed by atoms with Crippen LogP contribution in [0.25, 0.3) is 0 Å². The Balaban J connectivity index is 2.03. The molecule has 88 valence electrons. The van der Waals surface area contributed by atoms with Crippen molar-refractivity contribution in [2.24, 2.45) is 5.92 Å². The van der Waals surface area contributed by atoms with Crippen LogP contribution in [0.5, 0.6) is 0 Å². The van der Waals surface area contributed by atoms with Crippen LogP contribution in [-0.4, -0.2) is 42.3 Å². The minimum Gasteiger partial charge on any atom is -0.379 e. The molecular formula is C11H16N2O3. The maximum Gasteiger partial charge on any atom is 0.276 e. The Morgan fingerprint density at radius 2 is 2.50 bits per heavy atom. The van der Waals surface area contributed by atoms with Crippen LogP contribution in [0.15, 0.2) is 16.9 Å². The fourth-order valence-corrected chi connectivity index (χ4v) is 2.01. The Morgan fingerprint density at radius 3 is 3.12 bits per heavy atom. The molecule has 0 aromatic carbocycles. The van der Waals surface area contributed by atoms with E-state index in [-0.39, 0.29) is 12.0 Å². The van der Waals surface area contributed by atoms with Crippen molar-refractivity contribution in [3.05, 3.63) is 18.0 Å². The first kappa shape index (κ1) is 11.1. The van der Waals surface area contributed by atoms with Gasteiger partial charge in [0.15, 0.2) is 5.69 Å². The first-order valence-corrected chi connectivity index (χ1v) is 5.45. The molecule has 0 bridgehead atoms. The molecule has 1 aliphatic rings. The van der Waals surface area contributed by atoms with Crippen molar-refractivity contribution in [3.63, 3.8) is 0 Å². The highest BCUT2D eigenvalue weighted by molar-refractivity contribution is 5.92. The van der Waals surface area contributed by atoms with Gasteiger partial charge in [0.05, 0.1) is 6.10 Å². The van der Waals surface area contributed by atoms with Crippen LogP contribution in [0.4, 0.5) is 0 Å². The lowest BCUT2D eigenvalue weighted by molar-refractivity contribution is -0.00190. The molecule has 1 aromatic heterocycles. The summed E-state index contributed by atoms with van der Waals surface area (Å²) in [5, 5.41) is 3.65. The van der Waals surface area contributed by atoms with Crippen molar-refractivity contribution in [1.82, 2.24) is 10.1 Å². The third-order valence-electron chi connectivity index (χ3n) is 3.14. The molecule has 5 nitrogen and oxygen atoms in total. The van der Waals surface area contributed by atoms with Crippen LogP contribution in [0.2, 0.25) is 0 Å².